The lowest BCUT2D eigenvalue weighted by Gasteiger charge is -2.32. The van der Waals surface area contributed by atoms with Crippen LogP contribution in [0.5, 0.6) is 0 Å². The molecule has 0 aliphatic carbocycles. The van der Waals surface area contributed by atoms with Gasteiger partial charge in [0, 0.05) is 4.11 Å². The summed E-state index contributed by atoms with van der Waals surface area (Å²) in [5, 5.41) is 0. The van der Waals surface area contributed by atoms with Crippen LogP contribution < -0.4 is 5.46 Å². The van der Waals surface area contributed by atoms with Crippen LogP contribution in [-0.2, 0) is 9.31 Å². The lowest BCUT2D eigenvalue weighted by atomic mass is 9.75. The second kappa shape index (κ2) is 3.86. The first-order valence-corrected chi connectivity index (χ1v) is 5.91. The average Bonchev–Trinajstić information content (AvgIpc) is 2.46. The van der Waals surface area contributed by atoms with Gasteiger partial charge in [-0.1, -0.05) is 18.2 Å². The van der Waals surface area contributed by atoms with E-state index in [0.29, 0.717) is 11.1 Å². The highest BCUT2D eigenvalue weighted by Gasteiger charge is 2.52. The minimum atomic E-state index is -2.12. The van der Waals surface area contributed by atoms with Crippen molar-refractivity contribution in [2.45, 2.75) is 52.7 Å². The van der Waals surface area contributed by atoms with Crippen LogP contribution in [0.15, 0.2) is 18.2 Å². The highest BCUT2D eigenvalue weighted by molar-refractivity contribution is 6.62. The SMILES string of the molecule is [2H]C([2H])([2H])c1cccc(B2OC(C)(C)C(C)(C)O2)c1C. The Hall–Kier alpha value is -0.795. The van der Waals surface area contributed by atoms with E-state index in [1.807, 2.05) is 40.7 Å². The fourth-order valence-corrected chi connectivity index (χ4v) is 1.88. The van der Waals surface area contributed by atoms with E-state index < -0.39 is 25.2 Å². The predicted molar refractivity (Wildman–Crippen MR) is 71.6 cm³/mol. The molecule has 1 heterocycles. The van der Waals surface area contributed by atoms with Gasteiger partial charge in [0.05, 0.1) is 11.2 Å². The Kier molecular flexibility index (Phi) is 2.08. The van der Waals surface area contributed by atoms with Gasteiger partial charge >= 0.3 is 7.12 Å². The van der Waals surface area contributed by atoms with Crippen LogP contribution in [0.4, 0.5) is 0 Å². The van der Waals surface area contributed by atoms with Crippen LogP contribution in [0.2, 0.25) is 0 Å². The maximum absolute atomic E-state index is 7.59. The summed E-state index contributed by atoms with van der Waals surface area (Å²) in [6.07, 6.45) is 0. The zero-order valence-corrected chi connectivity index (χ0v) is 11.1. The number of benzene rings is 1. The molecule has 1 aromatic rings. The molecule has 1 saturated heterocycles. The fraction of sp³-hybridized carbons (Fsp3) is 0.571. The molecule has 0 atom stereocenters. The monoisotopic (exact) mass is 235 g/mol. The van der Waals surface area contributed by atoms with Gasteiger partial charge in [0.1, 0.15) is 0 Å². The Bertz CT molecular complexity index is 508. The Morgan fingerprint density at radius 1 is 1.12 bits per heavy atom. The van der Waals surface area contributed by atoms with Crippen molar-refractivity contribution < 1.29 is 13.4 Å². The van der Waals surface area contributed by atoms with E-state index in [1.54, 1.807) is 12.1 Å². The molecule has 2 nitrogen and oxygen atoms in total. The van der Waals surface area contributed by atoms with E-state index in [-0.39, 0.29) is 0 Å². The molecule has 92 valence electrons. The van der Waals surface area contributed by atoms with Gasteiger partial charge in [0.15, 0.2) is 0 Å². The molecule has 0 amide bonds. The first kappa shape index (κ1) is 9.18. The quantitative estimate of drug-likeness (QED) is 0.696. The van der Waals surface area contributed by atoms with Gasteiger partial charge in [0.2, 0.25) is 0 Å². The van der Waals surface area contributed by atoms with Crippen molar-refractivity contribution in [3.63, 3.8) is 0 Å². The molecule has 1 aliphatic rings. The van der Waals surface area contributed by atoms with Gasteiger partial charge in [-0.2, -0.15) is 0 Å². The van der Waals surface area contributed by atoms with Crippen molar-refractivity contribution in [2.75, 3.05) is 0 Å². The minimum absolute atomic E-state index is 0.352. The van der Waals surface area contributed by atoms with Gasteiger partial charge in [-0.05, 0) is 58.1 Å². The van der Waals surface area contributed by atoms with Crippen molar-refractivity contribution >= 4 is 12.6 Å². The molecule has 2 rings (SSSR count). The molecular formula is C14H21BO2. The number of rotatable bonds is 1. The van der Waals surface area contributed by atoms with Crippen LogP contribution in [0.3, 0.4) is 0 Å². The van der Waals surface area contributed by atoms with Crippen molar-refractivity contribution in [1.82, 2.24) is 0 Å². The van der Waals surface area contributed by atoms with Crippen molar-refractivity contribution in [3.8, 4) is 0 Å². The second-order valence-corrected chi connectivity index (χ2v) is 5.61. The van der Waals surface area contributed by atoms with Crippen molar-refractivity contribution in [3.05, 3.63) is 29.3 Å². The Balaban J connectivity index is 2.42. The van der Waals surface area contributed by atoms with Crippen LogP contribution in [0.1, 0.15) is 42.9 Å². The molecule has 1 aromatic carbocycles. The predicted octanol–water partition coefficient (Wildman–Crippen LogP) is 2.60. The topological polar surface area (TPSA) is 18.5 Å². The third-order valence-electron chi connectivity index (χ3n) is 3.88. The van der Waals surface area contributed by atoms with Gasteiger partial charge in [-0.3, -0.25) is 0 Å². The molecule has 1 aliphatic heterocycles. The average molecular weight is 235 g/mol. The summed E-state index contributed by atoms with van der Waals surface area (Å²) in [5.41, 5.74) is 0.994. The lowest BCUT2D eigenvalue weighted by molar-refractivity contribution is 0.00578. The summed E-state index contributed by atoms with van der Waals surface area (Å²) < 4.78 is 34.8. The second-order valence-electron chi connectivity index (χ2n) is 5.61. The Morgan fingerprint density at radius 3 is 2.24 bits per heavy atom. The maximum Gasteiger partial charge on any atom is 0.495 e. The fourth-order valence-electron chi connectivity index (χ4n) is 1.88. The molecule has 0 saturated carbocycles. The maximum atomic E-state index is 7.59. The molecule has 1 fully saturated rings. The Morgan fingerprint density at radius 2 is 1.71 bits per heavy atom. The summed E-state index contributed by atoms with van der Waals surface area (Å²) in [6.45, 7) is 7.61. The first-order valence-electron chi connectivity index (χ1n) is 7.41. The minimum Gasteiger partial charge on any atom is -0.399 e. The van der Waals surface area contributed by atoms with Crippen molar-refractivity contribution in [2.24, 2.45) is 0 Å². The van der Waals surface area contributed by atoms with E-state index >= 15 is 0 Å². The van der Waals surface area contributed by atoms with Gasteiger partial charge in [0.25, 0.3) is 0 Å². The summed E-state index contributed by atoms with van der Waals surface area (Å²) in [5.74, 6) is 0. The van der Waals surface area contributed by atoms with E-state index in [1.165, 1.54) is 0 Å². The largest absolute Gasteiger partial charge is 0.495 e. The molecule has 0 unspecified atom stereocenters. The zero-order chi connectivity index (χ0) is 15.3. The van der Waals surface area contributed by atoms with E-state index in [4.69, 9.17) is 13.4 Å². The summed E-state index contributed by atoms with van der Waals surface area (Å²) in [4.78, 5) is 0. The number of hydrogen-bond acceptors (Lipinski definition) is 2. The van der Waals surface area contributed by atoms with E-state index in [9.17, 15) is 0 Å². The first-order chi connectivity index (χ1) is 8.96. The summed E-state index contributed by atoms with van der Waals surface area (Å²) in [6, 6.07) is 5.25. The van der Waals surface area contributed by atoms with Gasteiger partial charge < -0.3 is 9.31 Å². The molecular weight excluding hydrogens is 211 g/mol. The molecule has 0 aromatic heterocycles. The highest BCUT2D eigenvalue weighted by atomic mass is 16.7. The van der Waals surface area contributed by atoms with Gasteiger partial charge in [-0.25, -0.2) is 0 Å². The standard InChI is InChI=1S/C14H21BO2/c1-10-8-7-9-12(11(10)2)15-16-13(3,4)14(5,6)17-15/h7-9H,1-6H3/i1D3. The molecule has 3 heteroatoms. The summed E-state index contributed by atoms with van der Waals surface area (Å²) >= 11 is 0. The lowest BCUT2D eigenvalue weighted by Crippen LogP contribution is -2.41. The van der Waals surface area contributed by atoms with Gasteiger partial charge in [-0.15, -0.1) is 0 Å². The van der Waals surface area contributed by atoms with Crippen LogP contribution in [-0.4, -0.2) is 18.3 Å². The van der Waals surface area contributed by atoms with Crippen LogP contribution in [0.25, 0.3) is 0 Å². The Labute approximate surface area is 109 Å². The zero-order valence-electron chi connectivity index (χ0n) is 14.1. The van der Waals surface area contributed by atoms with Crippen LogP contribution in [0, 0.1) is 13.8 Å². The molecule has 17 heavy (non-hydrogen) atoms. The third-order valence-corrected chi connectivity index (χ3v) is 3.88. The number of aryl methyl sites for hydroxylation is 1. The smallest absolute Gasteiger partial charge is 0.399 e. The normalized spacial score (nSPS) is 25.2. The van der Waals surface area contributed by atoms with E-state index in [0.717, 1.165) is 5.46 Å². The molecule has 0 N–H and O–H groups in total. The highest BCUT2D eigenvalue weighted by Crippen LogP contribution is 2.36. The molecule has 0 bridgehead atoms. The van der Waals surface area contributed by atoms with Crippen molar-refractivity contribution in [1.29, 1.82) is 0 Å². The number of hydrogen-bond donors (Lipinski definition) is 0. The third kappa shape index (κ3) is 2.02. The van der Waals surface area contributed by atoms with Crippen LogP contribution >= 0.6 is 0 Å². The molecule has 0 radical (unpaired) electrons. The van der Waals surface area contributed by atoms with E-state index in [2.05, 4.69) is 0 Å². The molecule has 0 spiro atoms. The summed E-state index contributed by atoms with van der Waals surface area (Å²) in [7, 11) is -0.526.